The molecule has 2 aliphatic rings. The molecule has 1 aromatic heterocycles. The molecule has 0 bridgehead atoms. The lowest BCUT2D eigenvalue weighted by molar-refractivity contribution is -0.0791. The highest BCUT2D eigenvalue weighted by atomic mass is 16.7. The maximum Gasteiger partial charge on any atom is 0.363 e. The number of benzene rings is 3. The van der Waals surface area contributed by atoms with E-state index in [0.717, 1.165) is 61.0 Å². The monoisotopic (exact) mass is 637 g/mol. The van der Waals surface area contributed by atoms with Crippen molar-refractivity contribution in [1.29, 1.82) is 5.41 Å². The zero-order chi connectivity index (χ0) is 32.6. The molecular formula is C38H47N5O4. The average molecular weight is 638 g/mol. The summed E-state index contributed by atoms with van der Waals surface area (Å²) in [5, 5.41) is 10.5. The second kappa shape index (κ2) is 15.5. The van der Waals surface area contributed by atoms with E-state index in [4.69, 9.17) is 25.1 Å². The number of carbonyl (C=O) groups excluding carboxylic acids is 1. The summed E-state index contributed by atoms with van der Waals surface area (Å²) in [6, 6.07) is 24.3. The number of nitrogens with zero attached hydrogens (tertiary/aromatic N) is 3. The quantitative estimate of drug-likeness (QED) is 0.0803. The van der Waals surface area contributed by atoms with Crippen molar-refractivity contribution in [1.82, 2.24) is 14.9 Å². The average Bonchev–Trinajstić information content (AvgIpc) is 3.55. The van der Waals surface area contributed by atoms with Crippen LogP contribution in [0.25, 0.3) is 11.0 Å². The number of ether oxygens (including phenoxy) is 1. The van der Waals surface area contributed by atoms with E-state index < -0.39 is 18.0 Å². The van der Waals surface area contributed by atoms with E-state index >= 15 is 0 Å². The van der Waals surface area contributed by atoms with Crippen molar-refractivity contribution in [3.8, 4) is 5.75 Å². The summed E-state index contributed by atoms with van der Waals surface area (Å²) >= 11 is 0. The van der Waals surface area contributed by atoms with E-state index in [2.05, 4.69) is 21.9 Å². The number of nitrogens with one attached hydrogen (secondary N) is 1. The maximum absolute atomic E-state index is 13.2. The van der Waals surface area contributed by atoms with E-state index in [1.54, 1.807) is 31.4 Å². The first-order valence-corrected chi connectivity index (χ1v) is 17.0. The Bertz CT molecular complexity index is 1590. The molecule has 9 nitrogen and oxygen atoms in total. The van der Waals surface area contributed by atoms with Crippen molar-refractivity contribution < 1.29 is 18.8 Å². The van der Waals surface area contributed by atoms with E-state index in [1.807, 2.05) is 42.5 Å². The van der Waals surface area contributed by atoms with Crippen LogP contribution in [-0.2, 0) is 11.3 Å². The van der Waals surface area contributed by atoms with Crippen molar-refractivity contribution in [3.63, 3.8) is 0 Å². The first-order chi connectivity index (χ1) is 23.0. The van der Waals surface area contributed by atoms with Crippen LogP contribution >= 0.6 is 0 Å². The summed E-state index contributed by atoms with van der Waals surface area (Å²) in [5.41, 5.74) is 8.97. The molecule has 3 N–H and O–H groups in total. The molecule has 47 heavy (non-hydrogen) atoms. The van der Waals surface area contributed by atoms with Crippen molar-refractivity contribution in [3.05, 3.63) is 101 Å². The van der Waals surface area contributed by atoms with Crippen LogP contribution in [0, 0.1) is 5.41 Å². The molecule has 0 amide bonds. The summed E-state index contributed by atoms with van der Waals surface area (Å²) in [6.45, 7) is 5.81. The van der Waals surface area contributed by atoms with Crippen LogP contribution in [0.2, 0.25) is 0 Å². The number of methoxy groups -OCH3 is 1. The Labute approximate surface area is 277 Å². The third-order valence-corrected chi connectivity index (χ3v) is 9.65. The van der Waals surface area contributed by atoms with Gasteiger partial charge in [0.05, 0.1) is 12.7 Å². The number of para-hydroxylation sites is 1. The van der Waals surface area contributed by atoms with Gasteiger partial charge in [0.2, 0.25) is 5.96 Å². The first-order valence-electron chi connectivity index (χ1n) is 17.0. The Morgan fingerprint density at radius 2 is 1.70 bits per heavy atom. The lowest BCUT2D eigenvalue weighted by Crippen LogP contribution is -2.50. The normalized spacial score (nSPS) is 17.0. The minimum absolute atomic E-state index is 0.346. The van der Waals surface area contributed by atoms with Gasteiger partial charge < -0.3 is 24.6 Å². The number of piperazine rings is 1. The van der Waals surface area contributed by atoms with Crippen molar-refractivity contribution in [2.24, 2.45) is 5.73 Å². The number of furan rings is 1. The van der Waals surface area contributed by atoms with Crippen LogP contribution in [0.5, 0.6) is 5.75 Å². The SMILES string of the molecule is COc1ccc(CCCCN2CCN(C3CCCCC3)CC2)cc1C(c1cc2ccccc2o1)N(OC(=O)c1ccccc1)C(=N)N. The number of rotatable bonds is 11. The van der Waals surface area contributed by atoms with Crippen molar-refractivity contribution >= 4 is 22.9 Å². The highest BCUT2D eigenvalue weighted by Gasteiger charge is 2.34. The fourth-order valence-electron chi connectivity index (χ4n) is 7.11. The van der Waals surface area contributed by atoms with Gasteiger partial charge in [0.15, 0.2) is 6.04 Å². The Morgan fingerprint density at radius 1 is 0.957 bits per heavy atom. The molecule has 0 spiro atoms. The number of hydrogen-bond acceptors (Lipinski definition) is 7. The van der Waals surface area contributed by atoms with Gasteiger partial charge >= 0.3 is 5.97 Å². The van der Waals surface area contributed by atoms with Crippen molar-refractivity contribution in [2.75, 3.05) is 39.8 Å². The van der Waals surface area contributed by atoms with E-state index in [0.29, 0.717) is 28.2 Å². The molecule has 6 rings (SSSR count). The zero-order valence-electron chi connectivity index (χ0n) is 27.4. The molecule has 3 aromatic carbocycles. The predicted octanol–water partition coefficient (Wildman–Crippen LogP) is 6.77. The molecule has 1 unspecified atom stereocenters. The highest BCUT2D eigenvalue weighted by Crippen LogP contribution is 2.38. The number of hydroxylamine groups is 2. The molecule has 1 atom stereocenters. The van der Waals surface area contributed by atoms with Gasteiger partial charge in [0, 0.05) is 43.2 Å². The second-order valence-electron chi connectivity index (χ2n) is 12.7. The predicted molar refractivity (Wildman–Crippen MR) is 184 cm³/mol. The molecule has 1 saturated heterocycles. The molecule has 0 radical (unpaired) electrons. The number of hydrogen-bond donors (Lipinski definition) is 2. The van der Waals surface area contributed by atoms with E-state index in [1.165, 1.54) is 45.2 Å². The second-order valence-corrected chi connectivity index (χ2v) is 12.7. The molecule has 1 aliphatic carbocycles. The van der Waals surface area contributed by atoms with Gasteiger partial charge in [-0.25, -0.2) is 4.79 Å². The lowest BCUT2D eigenvalue weighted by Gasteiger charge is -2.40. The number of fused-ring (bicyclic) bond motifs is 1. The third-order valence-electron chi connectivity index (χ3n) is 9.65. The van der Waals surface area contributed by atoms with Crippen LogP contribution in [0.4, 0.5) is 0 Å². The third kappa shape index (κ3) is 7.97. The lowest BCUT2D eigenvalue weighted by atomic mass is 9.94. The number of aryl methyl sites for hydroxylation is 1. The Morgan fingerprint density at radius 3 is 2.43 bits per heavy atom. The molecule has 9 heteroatoms. The molecule has 1 saturated carbocycles. The minimum Gasteiger partial charge on any atom is -0.496 e. The van der Waals surface area contributed by atoms with Crippen LogP contribution in [0.3, 0.4) is 0 Å². The largest absolute Gasteiger partial charge is 0.496 e. The molecule has 248 valence electrons. The van der Waals surface area contributed by atoms with Crippen LogP contribution in [0.1, 0.15) is 78.2 Å². The fourth-order valence-corrected chi connectivity index (χ4v) is 7.11. The van der Waals surface area contributed by atoms with Gasteiger partial charge in [0.25, 0.3) is 0 Å². The fraction of sp³-hybridized carbons (Fsp3) is 0.421. The summed E-state index contributed by atoms with van der Waals surface area (Å²) in [5.74, 6) is -0.00508. The number of nitrogens with two attached hydrogens (primary N) is 1. The highest BCUT2D eigenvalue weighted by molar-refractivity contribution is 5.90. The maximum atomic E-state index is 13.2. The van der Waals surface area contributed by atoms with Crippen LogP contribution in [-0.4, -0.2) is 72.7 Å². The van der Waals surface area contributed by atoms with Gasteiger partial charge in [-0.3, -0.25) is 10.3 Å². The summed E-state index contributed by atoms with van der Waals surface area (Å²) in [6.07, 6.45) is 9.99. The van der Waals surface area contributed by atoms with Gasteiger partial charge in [-0.15, -0.1) is 0 Å². The number of unbranched alkanes of at least 4 members (excludes halogenated alkanes) is 1. The molecule has 2 heterocycles. The summed E-state index contributed by atoms with van der Waals surface area (Å²) in [7, 11) is 1.61. The molecular weight excluding hydrogens is 590 g/mol. The Balaban J connectivity index is 1.18. The summed E-state index contributed by atoms with van der Waals surface area (Å²) < 4.78 is 12.1. The van der Waals surface area contributed by atoms with E-state index in [-0.39, 0.29) is 0 Å². The van der Waals surface area contributed by atoms with Crippen LogP contribution in [0.15, 0.2) is 83.3 Å². The number of guanidine groups is 1. The van der Waals surface area contributed by atoms with E-state index in [9.17, 15) is 4.79 Å². The molecule has 1 aliphatic heterocycles. The topological polar surface area (TPSA) is 108 Å². The van der Waals surface area contributed by atoms with Crippen molar-refractivity contribution in [2.45, 2.75) is 63.5 Å². The van der Waals surface area contributed by atoms with Gasteiger partial charge in [-0.05, 0) is 80.6 Å². The van der Waals surface area contributed by atoms with Gasteiger partial charge in [-0.2, -0.15) is 5.06 Å². The standard InChI is InChI=1S/C38H47N5O4/c1-45-34-20-19-28(12-10-11-21-41-22-24-42(25-23-41)31-16-6-3-7-17-31)26-32(34)36(35-27-30-15-8-9-18-33(30)46-35)43(38(39)40)47-37(44)29-13-4-2-5-14-29/h2,4-5,8-9,13-15,18-20,26-27,31,36H,3,6-7,10-12,16-17,21-25H2,1H3,(H3,39,40). The first kappa shape index (κ1) is 32.6. The van der Waals surface area contributed by atoms with Gasteiger partial charge in [-0.1, -0.05) is 61.7 Å². The Hall–Kier alpha value is -4.34. The smallest absolute Gasteiger partial charge is 0.363 e. The Kier molecular flexibility index (Phi) is 10.7. The van der Waals surface area contributed by atoms with Crippen LogP contribution < -0.4 is 10.5 Å². The summed E-state index contributed by atoms with van der Waals surface area (Å²) in [4.78, 5) is 24.4. The minimum atomic E-state index is -0.858. The zero-order valence-corrected chi connectivity index (χ0v) is 27.4. The molecule has 2 fully saturated rings. The van der Waals surface area contributed by atoms with Gasteiger partial charge in [0.1, 0.15) is 17.1 Å². The number of carbonyl (C=O) groups is 1. The molecule has 4 aromatic rings.